The van der Waals surface area contributed by atoms with Crippen LogP contribution in [0.25, 0.3) is 0 Å². The number of guanidine groups is 1. The Labute approximate surface area is 212 Å². The molecule has 0 saturated heterocycles. The molecule has 1 saturated carbocycles. The van der Waals surface area contributed by atoms with Gasteiger partial charge in [-0.25, -0.2) is 4.99 Å². The summed E-state index contributed by atoms with van der Waals surface area (Å²) >= 11 is 0. The van der Waals surface area contributed by atoms with Crippen LogP contribution in [0.1, 0.15) is 76.6 Å². The summed E-state index contributed by atoms with van der Waals surface area (Å²) in [6, 6.07) is 11.2. The van der Waals surface area contributed by atoms with Crippen LogP contribution in [0.2, 0.25) is 0 Å². The van der Waals surface area contributed by atoms with E-state index in [2.05, 4.69) is 29.1 Å². The molecule has 190 valence electrons. The van der Waals surface area contributed by atoms with Gasteiger partial charge in [-0.1, -0.05) is 31.2 Å². The first-order valence-corrected chi connectivity index (χ1v) is 12.8. The fraction of sp³-hybridized carbons (Fsp3) is 0.500. The van der Waals surface area contributed by atoms with Crippen molar-refractivity contribution in [3.05, 3.63) is 59.9 Å². The lowest BCUT2D eigenvalue weighted by Gasteiger charge is -2.40. The van der Waals surface area contributed by atoms with Crippen LogP contribution >= 0.6 is 0 Å². The predicted octanol–water partition coefficient (Wildman–Crippen LogP) is 3.89. The third-order valence-electron chi connectivity index (χ3n) is 7.75. The number of aromatic nitrogens is 1. The number of para-hydroxylation sites is 1. The van der Waals surface area contributed by atoms with Crippen molar-refractivity contribution in [3.63, 3.8) is 0 Å². The van der Waals surface area contributed by atoms with Gasteiger partial charge in [0, 0.05) is 30.3 Å². The highest BCUT2D eigenvalue weighted by Crippen LogP contribution is 2.51. The summed E-state index contributed by atoms with van der Waals surface area (Å²) in [5.74, 6) is 0.644. The Hall–Kier alpha value is -3.42. The van der Waals surface area contributed by atoms with E-state index in [0.29, 0.717) is 12.8 Å². The fourth-order valence-corrected chi connectivity index (χ4v) is 5.62. The van der Waals surface area contributed by atoms with Gasteiger partial charge in [0.15, 0.2) is 5.96 Å². The van der Waals surface area contributed by atoms with Crippen molar-refractivity contribution in [2.75, 3.05) is 0 Å². The number of nitrogens with zero attached hydrogens (tertiary/aromatic N) is 3. The van der Waals surface area contributed by atoms with Gasteiger partial charge in [-0.3, -0.25) is 19.5 Å². The maximum Gasteiger partial charge on any atom is 0.232 e. The Morgan fingerprint density at radius 1 is 1.25 bits per heavy atom. The van der Waals surface area contributed by atoms with Gasteiger partial charge < -0.3 is 15.8 Å². The largest absolute Gasteiger partial charge is 0.487 e. The molecule has 1 aliphatic carbocycles. The quantitative estimate of drug-likeness (QED) is 0.640. The van der Waals surface area contributed by atoms with E-state index in [1.807, 2.05) is 50.2 Å². The minimum atomic E-state index is -0.542. The van der Waals surface area contributed by atoms with Gasteiger partial charge in [0.2, 0.25) is 11.8 Å². The van der Waals surface area contributed by atoms with Crippen LogP contribution in [-0.2, 0) is 9.59 Å². The summed E-state index contributed by atoms with van der Waals surface area (Å²) in [4.78, 5) is 37.2. The summed E-state index contributed by atoms with van der Waals surface area (Å²) in [5.41, 5.74) is 7.32. The third-order valence-corrected chi connectivity index (χ3v) is 7.75. The maximum atomic E-state index is 13.5. The van der Waals surface area contributed by atoms with Crippen molar-refractivity contribution < 1.29 is 14.3 Å². The molecule has 1 aromatic carbocycles. The van der Waals surface area contributed by atoms with Crippen molar-refractivity contribution in [1.82, 2.24) is 15.2 Å². The minimum Gasteiger partial charge on any atom is -0.487 e. The van der Waals surface area contributed by atoms with Crippen LogP contribution in [0.15, 0.2) is 53.8 Å². The molecule has 5 rings (SSSR count). The summed E-state index contributed by atoms with van der Waals surface area (Å²) in [5, 5.41) is 3.30. The minimum absolute atomic E-state index is 0.00524. The lowest BCUT2D eigenvalue weighted by molar-refractivity contribution is -0.132. The van der Waals surface area contributed by atoms with Gasteiger partial charge in [0.1, 0.15) is 11.4 Å². The van der Waals surface area contributed by atoms with Crippen LogP contribution in [0, 0.1) is 11.8 Å². The Kier molecular flexibility index (Phi) is 6.01. The number of pyridine rings is 1. The number of fused-ring (bicyclic) bond motifs is 1. The van der Waals surface area contributed by atoms with E-state index in [1.54, 1.807) is 17.3 Å². The SMILES string of the molecule is CCC1(C)C[C@H](NC(=O)[C@@H]2C[C@H]2[C@@H](c2cccnc2)N2C(=O)CC(C)(C)N=C2N)c2ccccc2O1. The molecule has 3 N–H and O–H groups in total. The molecule has 0 bridgehead atoms. The first kappa shape index (κ1) is 24.3. The lowest BCUT2D eigenvalue weighted by Crippen LogP contribution is -2.52. The normalized spacial score (nSPS) is 29.4. The van der Waals surface area contributed by atoms with E-state index in [4.69, 9.17) is 10.5 Å². The van der Waals surface area contributed by atoms with Gasteiger partial charge in [-0.2, -0.15) is 0 Å². The molecule has 3 heterocycles. The standard InChI is InChI=1S/C28H35N5O3/c1-5-28(4)14-21(18-10-6-7-11-22(18)36-28)31-25(35)20-13-19(20)24(17-9-8-12-30-16-17)33-23(34)15-27(2,3)32-26(33)29/h6-12,16,19-21,24H,5,13-15H2,1-4H3,(H2,29,32)(H,31,35)/t19-,20-,21+,24-,28?/m1/s1. The molecular weight excluding hydrogens is 454 g/mol. The number of hydrogen-bond donors (Lipinski definition) is 2. The number of nitrogens with two attached hydrogens (primary N) is 1. The highest BCUT2D eigenvalue weighted by molar-refractivity contribution is 5.99. The average molecular weight is 490 g/mol. The Balaban J connectivity index is 1.39. The highest BCUT2D eigenvalue weighted by atomic mass is 16.5. The number of carbonyl (C=O) groups excluding carboxylic acids is 2. The first-order chi connectivity index (χ1) is 17.1. The Morgan fingerprint density at radius 2 is 2.03 bits per heavy atom. The number of rotatable bonds is 6. The number of aliphatic imine (C=N–C) groups is 1. The maximum absolute atomic E-state index is 13.5. The summed E-state index contributed by atoms with van der Waals surface area (Å²) in [6.07, 6.45) is 5.93. The molecule has 3 aliphatic rings. The van der Waals surface area contributed by atoms with Gasteiger partial charge in [0.25, 0.3) is 0 Å². The molecule has 8 heteroatoms. The fourth-order valence-electron chi connectivity index (χ4n) is 5.62. The smallest absolute Gasteiger partial charge is 0.232 e. The molecular formula is C28H35N5O3. The zero-order valence-corrected chi connectivity index (χ0v) is 21.4. The zero-order valence-electron chi connectivity index (χ0n) is 21.4. The molecule has 2 aliphatic heterocycles. The molecule has 36 heavy (non-hydrogen) atoms. The van der Waals surface area contributed by atoms with Gasteiger partial charge in [-0.15, -0.1) is 0 Å². The van der Waals surface area contributed by atoms with Crippen molar-refractivity contribution in [2.45, 2.75) is 76.6 Å². The zero-order chi connectivity index (χ0) is 25.7. The predicted molar refractivity (Wildman–Crippen MR) is 137 cm³/mol. The Morgan fingerprint density at radius 3 is 2.72 bits per heavy atom. The number of nitrogens with one attached hydrogen (secondary N) is 1. The molecule has 0 radical (unpaired) electrons. The molecule has 2 amide bonds. The van der Waals surface area contributed by atoms with E-state index < -0.39 is 5.54 Å². The number of carbonyl (C=O) groups is 2. The third kappa shape index (κ3) is 4.56. The van der Waals surface area contributed by atoms with E-state index in [-0.39, 0.29) is 53.7 Å². The second-order valence-corrected chi connectivity index (χ2v) is 11.2. The molecule has 8 nitrogen and oxygen atoms in total. The van der Waals surface area contributed by atoms with Crippen molar-refractivity contribution in [1.29, 1.82) is 0 Å². The number of hydrogen-bond acceptors (Lipinski definition) is 6. The van der Waals surface area contributed by atoms with Crippen molar-refractivity contribution >= 4 is 17.8 Å². The molecule has 5 atom stereocenters. The van der Waals surface area contributed by atoms with E-state index >= 15 is 0 Å². The Bertz CT molecular complexity index is 1200. The van der Waals surface area contributed by atoms with E-state index in [9.17, 15) is 9.59 Å². The van der Waals surface area contributed by atoms with Crippen LogP contribution in [0.3, 0.4) is 0 Å². The van der Waals surface area contributed by atoms with Crippen LogP contribution in [0.5, 0.6) is 5.75 Å². The van der Waals surface area contributed by atoms with E-state index in [1.165, 1.54) is 0 Å². The monoisotopic (exact) mass is 489 g/mol. The van der Waals surface area contributed by atoms with Crippen molar-refractivity contribution in [3.8, 4) is 5.75 Å². The average Bonchev–Trinajstić information content (AvgIpc) is 3.62. The van der Waals surface area contributed by atoms with E-state index in [0.717, 1.165) is 23.3 Å². The molecule has 1 fully saturated rings. The topological polar surface area (TPSA) is 110 Å². The van der Waals surface area contributed by atoms with Crippen LogP contribution in [0.4, 0.5) is 0 Å². The molecule has 1 aromatic heterocycles. The van der Waals surface area contributed by atoms with Gasteiger partial charge in [0.05, 0.1) is 24.0 Å². The molecule has 0 spiro atoms. The van der Waals surface area contributed by atoms with Crippen LogP contribution < -0.4 is 15.8 Å². The number of amides is 2. The number of benzene rings is 1. The summed E-state index contributed by atoms with van der Waals surface area (Å²) in [6.45, 7) is 7.99. The second-order valence-electron chi connectivity index (χ2n) is 11.2. The highest BCUT2D eigenvalue weighted by Gasteiger charge is 2.53. The number of ether oxygens (including phenoxy) is 1. The second kappa shape index (κ2) is 8.91. The summed E-state index contributed by atoms with van der Waals surface area (Å²) < 4.78 is 6.26. The van der Waals surface area contributed by atoms with Gasteiger partial charge in [-0.05, 0) is 57.2 Å². The van der Waals surface area contributed by atoms with Crippen LogP contribution in [-0.4, -0.2) is 38.8 Å². The molecule has 1 unspecified atom stereocenters. The lowest BCUT2D eigenvalue weighted by atomic mass is 9.86. The van der Waals surface area contributed by atoms with Gasteiger partial charge >= 0.3 is 0 Å². The molecule has 2 aromatic rings. The first-order valence-electron chi connectivity index (χ1n) is 12.8. The van der Waals surface area contributed by atoms with Crippen molar-refractivity contribution in [2.24, 2.45) is 22.6 Å². The summed E-state index contributed by atoms with van der Waals surface area (Å²) in [7, 11) is 0.